The predicted molar refractivity (Wildman–Crippen MR) is 86.6 cm³/mol. The lowest BCUT2D eigenvalue weighted by atomic mass is 10.1. The Kier molecular flexibility index (Phi) is 4.74. The van der Waals surface area contributed by atoms with Crippen molar-refractivity contribution in [3.8, 4) is 0 Å². The van der Waals surface area contributed by atoms with Crippen molar-refractivity contribution in [1.82, 2.24) is 20.4 Å². The maximum absolute atomic E-state index is 12.6. The minimum absolute atomic E-state index is 0.0342. The smallest absolute Gasteiger partial charge is 0.267 e. The van der Waals surface area contributed by atoms with Crippen LogP contribution in [0.3, 0.4) is 0 Å². The van der Waals surface area contributed by atoms with Crippen molar-refractivity contribution in [2.75, 3.05) is 0 Å². The van der Waals surface area contributed by atoms with Gasteiger partial charge in [0.15, 0.2) is 0 Å². The lowest BCUT2D eigenvalue weighted by molar-refractivity contribution is 0.0348. The van der Waals surface area contributed by atoms with Crippen LogP contribution in [0.25, 0.3) is 0 Å². The number of nitrogens with one attached hydrogen (secondary N) is 1. The van der Waals surface area contributed by atoms with Crippen molar-refractivity contribution in [1.29, 1.82) is 0 Å². The van der Waals surface area contributed by atoms with Crippen molar-refractivity contribution >= 4 is 11.8 Å². The Labute approximate surface area is 135 Å². The maximum Gasteiger partial charge on any atom is 0.310 e. The Bertz CT molecular complexity index is 708. The number of hydrogen-bond donors (Lipinski definition) is 1. The number of amides is 2. The van der Waals surface area contributed by atoms with Crippen LogP contribution < -0.4 is 5.43 Å². The van der Waals surface area contributed by atoms with E-state index in [1.54, 1.807) is 24.3 Å². The van der Waals surface area contributed by atoms with E-state index in [9.17, 15) is 9.59 Å². The molecule has 2 aromatic rings. The Morgan fingerprint density at radius 1 is 1.09 bits per heavy atom. The number of benzene rings is 1. The third-order valence-corrected chi connectivity index (χ3v) is 3.12. The number of nitrogens with zero attached hydrogens (tertiary/aromatic N) is 3. The molecule has 1 aromatic heterocycles. The fourth-order valence-electron chi connectivity index (χ4n) is 1.99. The molecule has 1 aromatic carbocycles. The third kappa shape index (κ3) is 4.12. The van der Waals surface area contributed by atoms with Gasteiger partial charge in [-0.25, -0.2) is 15.0 Å². The van der Waals surface area contributed by atoms with Crippen LogP contribution in [0.4, 0.5) is 0 Å². The van der Waals surface area contributed by atoms with E-state index < -0.39 is 11.4 Å². The summed E-state index contributed by atoms with van der Waals surface area (Å²) in [5.41, 5.74) is 3.49. The van der Waals surface area contributed by atoms with Crippen molar-refractivity contribution in [3.63, 3.8) is 0 Å². The van der Waals surface area contributed by atoms with Crippen LogP contribution in [0.2, 0.25) is 0 Å². The first-order valence-electron chi connectivity index (χ1n) is 7.28. The zero-order valence-corrected chi connectivity index (χ0v) is 13.7. The summed E-state index contributed by atoms with van der Waals surface area (Å²) in [6.45, 7) is 7.38. The second kappa shape index (κ2) is 6.56. The standard InChI is InChI=1S/C17H20N4O2/c1-12-7-5-8-13(11-12)15(22)20-21(17(2,3)4)16(23)14-18-9-6-10-19-14/h5-11H,1-4H3,(H,20,22). The highest BCUT2D eigenvalue weighted by atomic mass is 16.2. The second-order valence-electron chi connectivity index (χ2n) is 6.19. The molecule has 0 saturated heterocycles. The van der Waals surface area contributed by atoms with Gasteiger partial charge >= 0.3 is 5.91 Å². The number of carbonyl (C=O) groups is 2. The van der Waals surface area contributed by atoms with Crippen LogP contribution in [-0.2, 0) is 0 Å². The molecule has 0 aliphatic rings. The highest BCUT2D eigenvalue weighted by molar-refractivity contribution is 5.98. The molecule has 120 valence electrons. The molecule has 0 aliphatic carbocycles. The molecule has 0 radical (unpaired) electrons. The Morgan fingerprint density at radius 2 is 1.74 bits per heavy atom. The van der Waals surface area contributed by atoms with Crippen molar-refractivity contribution in [2.24, 2.45) is 0 Å². The number of hydrogen-bond acceptors (Lipinski definition) is 4. The summed E-state index contributed by atoms with van der Waals surface area (Å²) >= 11 is 0. The molecular weight excluding hydrogens is 292 g/mol. The summed E-state index contributed by atoms with van der Waals surface area (Å²) in [4.78, 5) is 33.0. The van der Waals surface area contributed by atoms with Crippen LogP contribution in [0.5, 0.6) is 0 Å². The molecule has 0 atom stereocenters. The van der Waals surface area contributed by atoms with E-state index in [2.05, 4.69) is 15.4 Å². The summed E-state index contributed by atoms with van der Waals surface area (Å²) in [6.07, 6.45) is 2.98. The molecule has 23 heavy (non-hydrogen) atoms. The molecule has 6 nitrogen and oxygen atoms in total. The molecule has 0 saturated carbocycles. The van der Waals surface area contributed by atoms with Gasteiger partial charge in [-0.15, -0.1) is 0 Å². The first-order valence-corrected chi connectivity index (χ1v) is 7.28. The predicted octanol–water partition coefficient (Wildman–Crippen LogP) is 2.37. The summed E-state index contributed by atoms with van der Waals surface area (Å²) in [5.74, 6) is -0.779. The van der Waals surface area contributed by atoms with Gasteiger partial charge in [0.25, 0.3) is 5.91 Å². The van der Waals surface area contributed by atoms with E-state index in [0.717, 1.165) is 5.56 Å². The Hall–Kier alpha value is -2.76. The molecule has 0 bridgehead atoms. The molecule has 6 heteroatoms. The van der Waals surface area contributed by atoms with Gasteiger partial charge in [-0.3, -0.25) is 15.0 Å². The third-order valence-electron chi connectivity index (χ3n) is 3.12. The van der Waals surface area contributed by atoms with Crippen LogP contribution in [0.15, 0.2) is 42.7 Å². The van der Waals surface area contributed by atoms with Crippen LogP contribution in [0.1, 0.15) is 47.3 Å². The molecule has 1 heterocycles. The number of aryl methyl sites for hydroxylation is 1. The fourth-order valence-corrected chi connectivity index (χ4v) is 1.99. The number of rotatable bonds is 2. The zero-order chi connectivity index (χ0) is 17.0. The van der Waals surface area contributed by atoms with Gasteiger partial charge in [0.1, 0.15) is 0 Å². The van der Waals surface area contributed by atoms with Crippen molar-refractivity contribution in [3.05, 3.63) is 59.7 Å². The van der Waals surface area contributed by atoms with Crippen molar-refractivity contribution in [2.45, 2.75) is 33.2 Å². The van der Waals surface area contributed by atoms with E-state index in [-0.39, 0.29) is 11.7 Å². The summed E-state index contributed by atoms with van der Waals surface area (Å²) in [5, 5.41) is 1.26. The largest absolute Gasteiger partial charge is 0.310 e. The Morgan fingerprint density at radius 3 is 2.30 bits per heavy atom. The van der Waals surface area contributed by atoms with Gasteiger partial charge in [0, 0.05) is 18.0 Å². The highest BCUT2D eigenvalue weighted by Gasteiger charge is 2.31. The summed E-state index contributed by atoms with van der Waals surface area (Å²) < 4.78 is 0. The van der Waals surface area contributed by atoms with E-state index in [1.165, 1.54) is 17.4 Å². The van der Waals surface area contributed by atoms with Gasteiger partial charge in [-0.05, 0) is 45.9 Å². The minimum Gasteiger partial charge on any atom is -0.267 e. The first-order chi connectivity index (χ1) is 10.8. The second-order valence-corrected chi connectivity index (χ2v) is 6.19. The van der Waals surface area contributed by atoms with E-state index >= 15 is 0 Å². The topological polar surface area (TPSA) is 75.2 Å². The number of aromatic nitrogens is 2. The van der Waals surface area contributed by atoms with Gasteiger partial charge in [-0.2, -0.15) is 0 Å². The summed E-state index contributed by atoms with van der Waals surface area (Å²) in [7, 11) is 0. The fraction of sp³-hybridized carbons (Fsp3) is 0.294. The van der Waals surface area contributed by atoms with Gasteiger partial charge in [0.05, 0.1) is 5.54 Å². The average molecular weight is 312 g/mol. The van der Waals surface area contributed by atoms with E-state index in [4.69, 9.17) is 0 Å². The normalized spacial score (nSPS) is 11.0. The Balaban J connectivity index is 2.27. The van der Waals surface area contributed by atoms with Crippen LogP contribution in [0, 0.1) is 6.92 Å². The molecule has 2 amide bonds. The molecular formula is C17H20N4O2. The molecule has 0 spiro atoms. The quantitative estimate of drug-likeness (QED) is 0.864. The summed E-state index contributed by atoms with van der Waals surface area (Å²) in [6, 6.07) is 8.80. The molecule has 0 unspecified atom stereocenters. The van der Waals surface area contributed by atoms with Crippen LogP contribution >= 0.6 is 0 Å². The number of carbonyl (C=O) groups excluding carboxylic acids is 2. The van der Waals surface area contributed by atoms with Gasteiger partial charge in [0.2, 0.25) is 5.82 Å². The van der Waals surface area contributed by atoms with E-state index in [1.807, 2.05) is 33.8 Å². The molecule has 2 rings (SSSR count). The average Bonchev–Trinajstić information content (AvgIpc) is 2.51. The zero-order valence-electron chi connectivity index (χ0n) is 13.7. The van der Waals surface area contributed by atoms with Gasteiger partial charge in [-0.1, -0.05) is 17.7 Å². The minimum atomic E-state index is -0.629. The first kappa shape index (κ1) is 16.6. The molecule has 0 fully saturated rings. The molecule has 1 N–H and O–H groups in total. The van der Waals surface area contributed by atoms with Crippen LogP contribution in [-0.4, -0.2) is 32.3 Å². The lowest BCUT2D eigenvalue weighted by Gasteiger charge is -2.34. The van der Waals surface area contributed by atoms with Gasteiger partial charge < -0.3 is 0 Å². The highest BCUT2D eigenvalue weighted by Crippen LogP contribution is 2.14. The van der Waals surface area contributed by atoms with Crippen molar-refractivity contribution < 1.29 is 9.59 Å². The lowest BCUT2D eigenvalue weighted by Crippen LogP contribution is -2.56. The van der Waals surface area contributed by atoms with E-state index in [0.29, 0.717) is 5.56 Å². The monoisotopic (exact) mass is 312 g/mol. The SMILES string of the molecule is Cc1cccc(C(=O)NN(C(=O)c2ncccn2)C(C)(C)C)c1. The maximum atomic E-state index is 12.6. The molecule has 0 aliphatic heterocycles. The number of hydrazine groups is 1.